The topological polar surface area (TPSA) is 0 Å². The van der Waals surface area contributed by atoms with Crippen molar-refractivity contribution in [3.63, 3.8) is 0 Å². The van der Waals surface area contributed by atoms with Crippen LogP contribution in [0.4, 0.5) is 0 Å². The lowest BCUT2D eigenvalue weighted by molar-refractivity contribution is 0.643. The zero-order valence-electron chi connectivity index (χ0n) is 6.09. The van der Waals surface area contributed by atoms with Crippen LogP contribution in [0.2, 0.25) is 0 Å². The van der Waals surface area contributed by atoms with E-state index in [1.165, 1.54) is 19.3 Å². The molecule has 0 amide bonds. The summed E-state index contributed by atoms with van der Waals surface area (Å²) in [4.78, 5) is 0. The Hall–Kier alpha value is -0.230. The van der Waals surface area contributed by atoms with Crippen LogP contribution in [0.3, 0.4) is 0 Å². The molecule has 0 spiro atoms. The largest absolute Gasteiger partial charge is 0.122 e. The van der Waals surface area contributed by atoms with Gasteiger partial charge in [-0.05, 0) is 25.2 Å². The molecule has 0 saturated heterocycles. The van der Waals surface area contributed by atoms with E-state index in [4.69, 9.17) is 11.6 Å². The van der Waals surface area contributed by atoms with Gasteiger partial charge in [0, 0.05) is 5.88 Å². The Kier molecular flexibility index (Phi) is 3.59. The van der Waals surface area contributed by atoms with E-state index in [-0.39, 0.29) is 0 Å². The van der Waals surface area contributed by atoms with Crippen LogP contribution in [0.15, 0.2) is 24.3 Å². The van der Waals surface area contributed by atoms with Crippen molar-refractivity contribution in [2.75, 3.05) is 5.88 Å². The van der Waals surface area contributed by atoms with Gasteiger partial charge in [-0.15, -0.1) is 11.6 Å². The van der Waals surface area contributed by atoms with Crippen LogP contribution in [0, 0.1) is 5.92 Å². The molecule has 1 aliphatic rings. The molecule has 0 aliphatic heterocycles. The molecule has 0 heterocycles. The lowest BCUT2D eigenvalue weighted by Gasteiger charge is -2.00. The van der Waals surface area contributed by atoms with Crippen LogP contribution >= 0.6 is 11.6 Å². The van der Waals surface area contributed by atoms with Crippen molar-refractivity contribution in [3.05, 3.63) is 24.3 Å². The zero-order valence-corrected chi connectivity index (χ0v) is 6.85. The van der Waals surface area contributed by atoms with Gasteiger partial charge in [0.25, 0.3) is 0 Å². The molecule has 1 heteroatoms. The van der Waals surface area contributed by atoms with E-state index in [9.17, 15) is 0 Å². The molecular formula is C9H13Cl. The first-order valence-electron chi connectivity index (χ1n) is 3.81. The molecule has 0 fully saturated rings. The van der Waals surface area contributed by atoms with Crippen LogP contribution in [-0.2, 0) is 0 Å². The van der Waals surface area contributed by atoms with Gasteiger partial charge in [0.1, 0.15) is 0 Å². The number of hydrogen-bond acceptors (Lipinski definition) is 0. The minimum atomic E-state index is 0.649. The standard InChI is InChI=1S/C9H13Cl/c10-8-4-3-7-9-5-1-2-6-9/h1,3-5,9H,2,6-8H2/b4-3+. The van der Waals surface area contributed by atoms with E-state index >= 15 is 0 Å². The Balaban J connectivity index is 2.13. The zero-order chi connectivity index (χ0) is 7.23. The van der Waals surface area contributed by atoms with Gasteiger partial charge in [-0.1, -0.05) is 24.3 Å². The average molecular weight is 157 g/mol. The van der Waals surface area contributed by atoms with Crippen molar-refractivity contribution >= 4 is 11.6 Å². The van der Waals surface area contributed by atoms with E-state index in [2.05, 4.69) is 18.2 Å². The summed E-state index contributed by atoms with van der Waals surface area (Å²) in [5.74, 6) is 1.44. The summed E-state index contributed by atoms with van der Waals surface area (Å²) in [6, 6.07) is 0. The highest BCUT2D eigenvalue weighted by Gasteiger charge is 2.05. The monoisotopic (exact) mass is 156 g/mol. The van der Waals surface area contributed by atoms with Gasteiger partial charge >= 0.3 is 0 Å². The van der Waals surface area contributed by atoms with Gasteiger partial charge in [-0.25, -0.2) is 0 Å². The van der Waals surface area contributed by atoms with Crippen LogP contribution in [0.5, 0.6) is 0 Å². The van der Waals surface area contributed by atoms with Gasteiger partial charge in [0.05, 0.1) is 0 Å². The molecule has 1 unspecified atom stereocenters. The molecule has 56 valence electrons. The Labute approximate surface area is 67.6 Å². The van der Waals surface area contributed by atoms with Crippen molar-refractivity contribution in [3.8, 4) is 0 Å². The minimum absolute atomic E-state index is 0.649. The molecule has 0 radical (unpaired) electrons. The molecule has 1 atom stereocenters. The molecule has 0 N–H and O–H groups in total. The summed E-state index contributed by atoms with van der Waals surface area (Å²) < 4.78 is 0. The fraction of sp³-hybridized carbons (Fsp3) is 0.556. The first-order valence-corrected chi connectivity index (χ1v) is 4.34. The summed E-state index contributed by atoms with van der Waals surface area (Å²) in [6.07, 6.45) is 12.5. The second-order valence-corrected chi connectivity index (χ2v) is 2.94. The Bertz CT molecular complexity index is 136. The Morgan fingerprint density at radius 1 is 1.50 bits per heavy atom. The van der Waals surface area contributed by atoms with Gasteiger partial charge in [0.2, 0.25) is 0 Å². The molecule has 1 rings (SSSR count). The number of halogens is 1. The fourth-order valence-corrected chi connectivity index (χ4v) is 1.35. The van der Waals surface area contributed by atoms with Crippen LogP contribution in [-0.4, -0.2) is 5.88 Å². The van der Waals surface area contributed by atoms with E-state index in [0.29, 0.717) is 5.88 Å². The smallest absolute Gasteiger partial charge is 0.0404 e. The predicted molar refractivity (Wildman–Crippen MR) is 46.3 cm³/mol. The number of alkyl halides is 1. The maximum Gasteiger partial charge on any atom is 0.0404 e. The van der Waals surface area contributed by atoms with E-state index in [0.717, 1.165) is 5.92 Å². The first-order chi connectivity index (χ1) is 4.93. The number of rotatable bonds is 3. The van der Waals surface area contributed by atoms with Crippen LogP contribution in [0.25, 0.3) is 0 Å². The number of allylic oxidation sites excluding steroid dienone is 4. The normalized spacial score (nSPS) is 24.7. The molecule has 1 aliphatic carbocycles. The Morgan fingerprint density at radius 2 is 2.40 bits per heavy atom. The Morgan fingerprint density at radius 3 is 3.00 bits per heavy atom. The third kappa shape index (κ3) is 2.57. The summed E-state index contributed by atoms with van der Waals surface area (Å²) >= 11 is 5.48. The highest BCUT2D eigenvalue weighted by atomic mass is 35.5. The maximum atomic E-state index is 5.48. The van der Waals surface area contributed by atoms with Crippen molar-refractivity contribution in [2.24, 2.45) is 5.92 Å². The molecule has 0 nitrogen and oxygen atoms in total. The third-order valence-electron chi connectivity index (χ3n) is 1.81. The second-order valence-electron chi connectivity index (χ2n) is 2.63. The molecular weight excluding hydrogens is 144 g/mol. The highest BCUT2D eigenvalue weighted by molar-refractivity contribution is 6.18. The summed E-state index contributed by atoms with van der Waals surface area (Å²) in [5.41, 5.74) is 0. The van der Waals surface area contributed by atoms with Crippen LogP contribution in [0.1, 0.15) is 19.3 Å². The summed E-state index contributed by atoms with van der Waals surface area (Å²) in [5, 5.41) is 0. The van der Waals surface area contributed by atoms with Crippen molar-refractivity contribution in [1.29, 1.82) is 0 Å². The van der Waals surface area contributed by atoms with Crippen LogP contribution < -0.4 is 0 Å². The average Bonchev–Trinajstić information content (AvgIpc) is 2.41. The van der Waals surface area contributed by atoms with Gasteiger partial charge in [-0.3, -0.25) is 0 Å². The van der Waals surface area contributed by atoms with Gasteiger partial charge < -0.3 is 0 Å². The number of hydrogen-bond donors (Lipinski definition) is 0. The quantitative estimate of drug-likeness (QED) is 0.435. The summed E-state index contributed by atoms with van der Waals surface area (Å²) in [6.45, 7) is 0. The third-order valence-corrected chi connectivity index (χ3v) is 1.99. The van der Waals surface area contributed by atoms with Gasteiger partial charge in [0.15, 0.2) is 0 Å². The molecule has 0 aromatic heterocycles. The maximum absolute atomic E-state index is 5.48. The highest BCUT2D eigenvalue weighted by Crippen LogP contribution is 2.20. The van der Waals surface area contributed by atoms with E-state index < -0.39 is 0 Å². The molecule has 0 aromatic rings. The van der Waals surface area contributed by atoms with Crippen molar-refractivity contribution in [1.82, 2.24) is 0 Å². The van der Waals surface area contributed by atoms with Crippen molar-refractivity contribution < 1.29 is 0 Å². The molecule has 10 heavy (non-hydrogen) atoms. The SMILES string of the molecule is ClC/C=C/CC1C=CCC1. The predicted octanol–water partition coefficient (Wildman–Crippen LogP) is 3.14. The molecule has 0 saturated carbocycles. The minimum Gasteiger partial charge on any atom is -0.122 e. The fourth-order valence-electron chi connectivity index (χ4n) is 1.23. The molecule has 0 aromatic carbocycles. The van der Waals surface area contributed by atoms with E-state index in [1.807, 2.05) is 6.08 Å². The second kappa shape index (κ2) is 4.56. The summed E-state index contributed by atoms with van der Waals surface area (Å²) in [7, 11) is 0. The van der Waals surface area contributed by atoms with E-state index in [1.54, 1.807) is 0 Å². The van der Waals surface area contributed by atoms with Crippen molar-refractivity contribution in [2.45, 2.75) is 19.3 Å². The first kappa shape index (κ1) is 7.87. The lowest BCUT2D eigenvalue weighted by atomic mass is 10.1. The molecule has 0 bridgehead atoms. The lowest BCUT2D eigenvalue weighted by Crippen LogP contribution is -1.87. The van der Waals surface area contributed by atoms with Gasteiger partial charge in [-0.2, -0.15) is 0 Å².